The first-order valence-corrected chi connectivity index (χ1v) is 12.1. The number of hydrogen-bond donors (Lipinski definition) is 1. The van der Waals surface area contributed by atoms with Crippen molar-refractivity contribution in [2.45, 2.75) is 28.9 Å². The topological polar surface area (TPSA) is 93.2 Å². The first-order valence-electron chi connectivity index (χ1n) is 9.07. The van der Waals surface area contributed by atoms with Crippen molar-refractivity contribution in [3.05, 3.63) is 89.5 Å². The molecule has 0 aliphatic carbocycles. The number of rotatable bonds is 7. The molecule has 0 aliphatic heterocycles. The standard InChI is InChI=1S/C21H21FN2O4S2/c1-15-5-7-18(8-6-15)29(25,26)21(17-4-3-11-23-13-17)14-24-30(27,28)19-9-10-20(22)16(2)12-19/h3-13,21,24H,14H2,1-2H3/t21-/m1/s1. The number of benzene rings is 2. The monoisotopic (exact) mass is 448 g/mol. The van der Waals surface area contributed by atoms with Gasteiger partial charge in [0, 0.05) is 18.9 Å². The van der Waals surface area contributed by atoms with Crippen LogP contribution in [0.25, 0.3) is 0 Å². The summed E-state index contributed by atoms with van der Waals surface area (Å²) in [5.74, 6) is -0.524. The molecular formula is C21H21FN2O4S2. The smallest absolute Gasteiger partial charge is 0.240 e. The zero-order valence-electron chi connectivity index (χ0n) is 16.4. The lowest BCUT2D eigenvalue weighted by molar-refractivity contribution is 0.568. The SMILES string of the molecule is Cc1ccc(S(=O)(=O)[C@H](CNS(=O)(=O)c2ccc(F)c(C)c2)c2cccnc2)cc1. The summed E-state index contributed by atoms with van der Waals surface area (Å²) in [4.78, 5) is 3.91. The van der Waals surface area contributed by atoms with E-state index in [1.807, 2.05) is 6.92 Å². The maximum Gasteiger partial charge on any atom is 0.240 e. The first kappa shape index (κ1) is 22.1. The molecule has 6 nitrogen and oxygen atoms in total. The van der Waals surface area contributed by atoms with Gasteiger partial charge in [-0.2, -0.15) is 0 Å². The summed E-state index contributed by atoms with van der Waals surface area (Å²) in [7, 11) is -7.97. The molecule has 30 heavy (non-hydrogen) atoms. The van der Waals surface area contributed by atoms with Gasteiger partial charge < -0.3 is 0 Å². The molecule has 1 aromatic heterocycles. The summed E-state index contributed by atoms with van der Waals surface area (Å²) >= 11 is 0. The van der Waals surface area contributed by atoms with E-state index in [0.717, 1.165) is 17.7 Å². The molecule has 0 amide bonds. The Bertz CT molecular complexity index is 1240. The number of nitrogens with zero attached hydrogens (tertiary/aromatic N) is 1. The minimum absolute atomic E-state index is 0.0822. The van der Waals surface area contributed by atoms with Gasteiger partial charge in [0.2, 0.25) is 10.0 Å². The van der Waals surface area contributed by atoms with Crippen LogP contribution >= 0.6 is 0 Å². The summed E-state index contributed by atoms with van der Waals surface area (Å²) in [5.41, 5.74) is 1.43. The molecule has 3 aromatic rings. The van der Waals surface area contributed by atoms with E-state index in [4.69, 9.17) is 0 Å². The predicted molar refractivity (Wildman–Crippen MR) is 112 cm³/mol. The number of aryl methyl sites for hydroxylation is 2. The normalized spacial score (nSPS) is 13.2. The fourth-order valence-corrected chi connectivity index (χ4v) is 5.80. The van der Waals surface area contributed by atoms with Crippen molar-refractivity contribution >= 4 is 19.9 Å². The van der Waals surface area contributed by atoms with Crippen LogP contribution in [0.4, 0.5) is 4.39 Å². The van der Waals surface area contributed by atoms with Crippen LogP contribution in [0.2, 0.25) is 0 Å². The lowest BCUT2D eigenvalue weighted by Gasteiger charge is -2.19. The van der Waals surface area contributed by atoms with Crippen LogP contribution in [-0.2, 0) is 19.9 Å². The van der Waals surface area contributed by atoms with E-state index in [-0.39, 0.29) is 15.4 Å². The van der Waals surface area contributed by atoms with Gasteiger partial charge in [-0.1, -0.05) is 23.8 Å². The van der Waals surface area contributed by atoms with Crippen molar-refractivity contribution in [1.29, 1.82) is 0 Å². The van der Waals surface area contributed by atoms with E-state index in [9.17, 15) is 21.2 Å². The highest BCUT2D eigenvalue weighted by Gasteiger charge is 2.31. The number of halogens is 1. The average Bonchev–Trinajstić information content (AvgIpc) is 2.71. The first-order chi connectivity index (χ1) is 14.1. The van der Waals surface area contributed by atoms with Crippen LogP contribution in [0.5, 0.6) is 0 Å². The Labute approximate surface area is 175 Å². The van der Waals surface area contributed by atoms with Crippen LogP contribution in [0.15, 0.2) is 76.8 Å². The minimum Gasteiger partial charge on any atom is -0.264 e. The van der Waals surface area contributed by atoms with Crippen LogP contribution < -0.4 is 4.72 Å². The van der Waals surface area contributed by atoms with Crippen molar-refractivity contribution < 1.29 is 21.2 Å². The van der Waals surface area contributed by atoms with Crippen molar-refractivity contribution in [1.82, 2.24) is 9.71 Å². The second kappa shape index (κ2) is 8.63. The van der Waals surface area contributed by atoms with Gasteiger partial charge in [0.25, 0.3) is 0 Å². The largest absolute Gasteiger partial charge is 0.264 e. The van der Waals surface area contributed by atoms with Crippen molar-refractivity contribution in [2.24, 2.45) is 0 Å². The second-order valence-corrected chi connectivity index (χ2v) is 10.8. The molecule has 3 rings (SSSR count). The minimum atomic E-state index is -4.05. The highest BCUT2D eigenvalue weighted by molar-refractivity contribution is 7.92. The van der Waals surface area contributed by atoms with Gasteiger partial charge in [-0.15, -0.1) is 0 Å². The molecule has 0 radical (unpaired) electrons. The molecule has 0 spiro atoms. The van der Waals surface area contributed by atoms with E-state index in [0.29, 0.717) is 5.56 Å². The van der Waals surface area contributed by atoms with Gasteiger partial charge in [-0.05, 0) is 61.4 Å². The zero-order valence-corrected chi connectivity index (χ0v) is 18.0. The number of nitrogens with one attached hydrogen (secondary N) is 1. The fourth-order valence-electron chi connectivity index (χ4n) is 2.92. The molecule has 0 saturated carbocycles. The van der Waals surface area contributed by atoms with Gasteiger partial charge in [0.15, 0.2) is 9.84 Å². The lowest BCUT2D eigenvalue weighted by Crippen LogP contribution is -2.32. The molecule has 1 atom stereocenters. The molecule has 158 valence electrons. The third-order valence-corrected chi connectivity index (χ3v) is 8.22. The van der Waals surface area contributed by atoms with Crippen LogP contribution in [-0.4, -0.2) is 28.4 Å². The fraction of sp³-hybridized carbons (Fsp3) is 0.190. The molecular weight excluding hydrogens is 427 g/mol. The summed E-state index contributed by atoms with van der Waals surface area (Å²) in [6.45, 7) is 2.89. The number of sulfonamides is 1. The lowest BCUT2D eigenvalue weighted by atomic mass is 10.2. The molecule has 0 aliphatic rings. The van der Waals surface area contributed by atoms with Gasteiger partial charge in [0.05, 0.1) is 9.79 Å². The summed E-state index contributed by atoms with van der Waals surface area (Å²) in [6, 6.07) is 12.9. The Balaban J connectivity index is 1.96. The van der Waals surface area contributed by atoms with E-state index < -0.39 is 37.5 Å². The van der Waals surface area contributed by atoms with Gasteiger partial charge in [-0.25, -0.2) is 25.9 Å². The third-order valence-electron chi connectivity index (χ3n) is 4.68. The summed E-state index contributed by atoms with van der Waals surface area (Å²) < 4.78 is 67.8. The van der Waals surface area contributed by atoms with E-state index >= 15 is 0 Å². The third kappa shape index (κ3) is 4.75. The van der Waals surface area contributed by atoms with Crippen LogP contribution in [0.1, 0.15) is 21.9 Å². The average molecular weight is 449 g/mol. The van der Waals surface area contributed by atoms with E-state index in [1.165, 1.54) is 37.5 Å². The maximum absolute atomic E-state index is 13.5. The number of pyridine rings is 1. The Morgan fingerprint density at radius 1 is 0.967 bits per heavy atom. The summed E-state index contributed by atoms with van der Waals surface area (Å²) in [6.07, 6.45) is 2.90. The van der Waals surface area contributed by atoms with Crippen molar-refractivity contribution in [3.8, 4) is 0 Å². The quantitative estimate of drug-likeness (QED) is 0.598. The molecule has 1 N–H and O–H groups in total. The highest BCUT2D eigenvalue weighted by atomic mass is 32.2. The molecule has 0 bridgehead atoms. The van der Waals surface area contributed by atoms with Crippen LogP contribution in [0, 0.1) is 19.7 Å². The number of aromatic nitrogens is 1. The highest BCUT2D eigenvalue weighted by Crippen LogP contribution is 2.29. The van der Waals surface area contributed by atoms with Crippen molar-refractivity contribution in [3.63, 3.8) is 0 Å². The number of hydrogen-bond acceptors (Lipinski definition) is 5. The molecule has 0 fully saturated rings. The molecule has 0 saturated heterocycles. The maximum atomic E-state index is 13.5. The van der Waals surface area contributed by atoms with E-state index in [2.05, 4.69) is 9.71 Å². The number of sulfone groups is 1. The summed E-state index contributed by atoms with van der Waals surface area (Å²) in [5, 5.41) is -1.19. The van der Waals surface area contributed by atoms with Gasteiger partial charge >= 0.3 is 0 Å². The molecule has 9 heteroatoms. The van der Waals surface area contributed by atoms with Gasteiger partial charge in [-0.3, -0.25) is 4.98 Å². The van der Waals surface area contributed by atoms with Crippen LogP contribution in [0.3, 0.4) is 0 Å². The van der Waals surface area contributed by atoms with E-state index in [1.54, 1.807) is 24.3 Å². The Kier molecular flexibility index (Phi) is 6.35. The Hall–Kier alpha value is -2.62. The van der Waals surface area contributed by atoms with Gasteiger partial charge in [0.1, 0.15) is 11.1 Å². The second-order valence-electron chi connectivity index (χ2n) is 6.90. The molecule has 2 aromatic carbocycles. The Morgan fingerprint density at radius 2 is 1.63 bits per heavy atom. The Morgan fingerprint density at radius 3 is 2.23 bits per heavy atom. The zero-order chi connectivity index (χ0) is 21.9. The van der Waals surface area contributed by atoms with Crippen molar-refractivity contribution in [2.75, 3.05) is 6.54 Å². The predicted octanol–water partition coefficient (Wildman–Crippen LogP) is 3.33. The molecule has 0 unspecified atom stereocenters. The molecule has 1 heterocycles.